The van der Waals surface area contributed by atoms with E-state index in [0.29, 0.717) is 5.56 Å². The number of hydrogen-bond donors (Lipinski definition) is 1. The lowest BCUT2D eigenvalue weighted by molar-refractivity contribution is -0.360. The van der Waals surface area contributed by atoms with E-state index in [9.17, 15) is 26.7 Å². The molecular formula is C26H18F5NO3. The van der Waals surface area contributed by atoms with Gasteiger partial charge in [0.15, 0.2) is 0 Å². The van der Waals surface area contributed by atoms with Gasteiger partial charge in [-0.25, -0.2) is 4.79 Å². The number of benzene rings is 3. The van der Waals surface area contributed by atoms with Crippen LogP contribution >= 0.6 is 0 Å². The van der Waals surface area contributed by atoms with Crippen molar-refractivity contribution in [1.29, 1.82) is 0 Å². The fourth-order valence-electron chi connectivity index (χ4n) is 3.72. The van der Waals surface area contributed by atoms with Gasteiger partial charge in [-0.15, -0.1) is 0 Å². The topological polar surface area (TPSA) is 47.6 Å². The molecule has 0 unspecified atom stereocenters. The van der Waals surface area contributed by atoms with Gasteiger partial charge >= 0.3 is 18.4 Å². The Hall–Kier alpha value is -4.06. The molecule has 0 fully saturated rings. The standard InChI is InChI=1S/C26H18F5NO3/c27-25(28,29)26(30,31)35-18-13-11-17(12-14-18)6-5-15-32-24(33)34-16-23-21-9-3-1-7-19(21)20-8-2-4-10-22(20)23/h1-4,7-14,23H,15-16H2,(H,32,33). The Morgan fingerprint density at radius 3 is 2.00 bits per heavy atom. The summed E-state index contributed by atoms with van der Waals surface area (Å²) in [6.07, 6.45) is -11.8. The molecule has 3 aromatic carbocycles. The summed E-state index contributed by atoms with van der Waals surface area (Å²) in [7, 11) is 0. The molecule has 0 spiro atoms. The molecule has 0 aliphatic heterocycles. The number of nitrogens with one attached hydrogen (secondary N) is 1. The predicted molar refractivity (Wildman–Crippen MR) is 118 cm³/mol. The molecular weight excluding hydrogens is 469 g/mol. The summed E-state index contributed by atoms with van der Waals surface area (Å²) in [5.74, 6) is 4.57. The molecule has 1 amide bonds. The first-order valence-corrected chi connectivity index (χ1v) is 10.5. The van der Waals surface area contributed by atoms with Crippen LogP contribution in [0, 0.1) is 11.8 Å². The SMILES string of the molecule is O=C(NCC#Cc1ccc(OC(F)(F)C(F)(F)F)cc1)OCC1c2ccccc2-c2ccccc21. The van der Waals surface area contributed by atoms with Crippen LogP contribution in [0.1, 0.15) is 22.6 Å². The van der Waals surface area contributed by atoms with Crippen molar-refractivity contribution in [3.8, 4) is 28.7 Å². The lowest BCUT2D eigenvalue weighted by Gasteiger charge is -2.20. The number of halogens is 5. The Balaban J connectivity index is 1.28. The number of carbonyl (C=O) groups is 1. The Bertz CT molecular complexity index is 1230. The predicted octanol–water partition coefficient (Wildman–Crippen LogP) is 6.11. The molecule has 1 aliphatic carbocycles. The van der Waals surface area contributed by atoms with Crippen molar-refractivity contribution in [2.24, 2.45) is 0 Å². The van der Waals surface area contributed by atoms with Gasteiger partial charge in [0, 0.05) is 11.5 Å². The van der Waals surface area contributed by atoms with E-state index in [0.717, 1.165) is 34.4 Å². The van der Waals surface area contributed by atoms with Crippen LogP contribution in [0.4, 0.5) is 26.7 Å². The molecule has 180 valence electrons. The second-order valence-electron chi connectivity index (χ2n) is 7.62. The van der Waals surface area contributed by atoms with E-state index in [1.54, 1.807) is 0 Å². The smallest absolute Gasteiger partial charge is 0.449 e. The lowest BCUT2D eigenvalue weighted by Crippen LogP contribution is -2.41. The Morgan fingerprint density at radius 2 is 1.43 bits per heavy atom. The average molecular weight is 487 g/mol. The summed E-state index contributed by atoms with van der Waals surface area (Å²) in [5.41, 5.74) is 4.73. The van der Waals surface area contributed by atoms with Crippen LogP contribution in [0.5, 0.6) is 5.75 Å². The van der Waals surface area contributed by atoms with Crippen LogP contribution in [0.3, 0.4) is 0 Å². The van der Waals surface area contributed by atoms with Gasteiger partial charge in [-0.05, 0) is 46.5 Å². The average Bonchev–Trinajstić information content (AvgIpc) is 3.14. The first kappa shape index (κ1) is 24.1. The summed E-state index contributed by atoms with van der Waals surface area (Å²) < 4.78 is 71.5. The highest BCUT2D eigenvalue weighted by molar-refractivity contribution is 5.79. The number of ether oxygens (including phenoxy) is 2. The summed E-state index contributed by atoms with van der Waals surface area (Å²) in [4.78, 5) is 12.1. The van der Waals surface area contributed by atoms with Crippen molar-refractivity contribution in [3.05, 3.63) is 89.5 Å². The Kier molecular flexibility index (Phi) is 6.65. The second-order valence-corrected chi connectivity index (χ2v) is 7.62. The van der Waals surface area contributed by atoms with E-state index in [1.807, 2.05) is 48.5 Å². The number of carbonyl (C=O) groups excluding carboxylic acids is 1. The normalized spacial score (nSPS) is 12.7. The van der Waals surface area contributed by atoms with Gasteiger partial charge in [-0.2, -0.15) is 22.0 Å². The number of hydrogen-bond acceptors (Lipinski definition) is 3. The van der Waals surface area contributed by atoms with E-state index in [2.05, 4.69) is 21.9 Å². The van der Waals surface area contributed by atoms with Gasteiger partial charge in [-0.3, -0.25) is 0 Å². The third kappa shape index (κ3) is 5.38. The van der Waals surface area contributed by atoms with E-state index in [4.69, 9.17) is 4.74 Å². The molecule has 1 N–H and O–H groups in total. The van der Waals surface area contributed by atoms with Crippen molar-refractivity contribution in [2.45, 2.75) is 18.2 Å². The van der Waals surface area contributed by atoms with Crippen molar-refractivity contribution in [3.63, 3.8) is 0 Å². The highest BCUT2D eigenvalue weighted by Crippen LogP contribution is 2.44. The highest BCUT2D eigenvalue weighted by atomic mass is 19.4. The zero-order valence-electron chi connectivity index (χ0n) is 18.0. The summed E-state index contributed by atoms with van der Waals surface area (Å²) >= 11 is 0. The highest BCUT2D eigenvalue weighted by Gasteiger charge is 2.61. The van der Waals surface area contributed by atoms with Gasteiger partial charge in [-0.1, -0.05) is 60.4 Å². The van der Waals surface area contributed by atoms with Crippen LogP contribution in [-0.4, -0.2) is 31.5 Å². The minimum Gasteiger partial charge on any atom is -0.449 e. The van der Waals surface area contributed by atoms with Crippen LogP contribution in [0.2, 0.25) is 0 Å². The summed E-state index contributed by atoms with van der Waals surface area (Å²) in [5, 5.41) is 2.50. The summed E-state index contributed by atoms with van der Waals surface area (Å²) in [6, 6.07) is 20.2. The van der Waals surface area contributed by atoms with Gasteiger partial charge in [0.1, 0.15) is 12.4 Å². The van der Waals surface area contributed by atoms with Gasteiger partial charge in [0.25, 0.3) is 0 Å². The van der Waals surface area contributed by atoms with Crippen LogP contribution < -0.4 is 10.1 Å². The molecule has 0 heterocycles. The van der Waals surface area contributed by atoms with E-state index < -0.39 is 24.1 Å². The van der Waals surface area contributed by atoms with Crippen LogP contribution in [-0.2, 0) is 4.74 Å². The fourth-order valence-corrected chi connectivity index (χ4v) is 3.72. The second kappa shape index (κ2) is 9.66. The van der Waals surface area contributed by atoms with Crippen LogP contribution in [0.15, 0.2) is 72.8 Å². The molecule has 1 aliphatic rings. The number of rotatable bonds is 5. The lowest BCUT2D eigenvalue weighted by atomic mass is 9.98. The largest absolute Gasteiger partial charge is 0.499 e. The minimum atomic E-state index is -5.82. The molecule has 35 heavy (non-hydrogen) atoms. The van der Waals surface area contributed by atoms with Gasteiger partial charge in [0.05, 0.1) is 6.54 Å². The third-order valence-corrected chi connectivity index (χ3v) is 5.33. The first-order valence-electron chi connectivity index (χ1n) is 10.5. The number of alkyl carbamates (subject to hydrolysis) is 1. The van der Waals surface area contributed by atoms with Crippen molar-refractivity contribution in [1.82, 2.24) is 5.32 Å². The Labute approximate surface area is 197 Å². The van der Waals surface area contributed by atoms with E-state index in [-0.39, 0.29) is 19.1 Å². The quantitative estimate of drug-likeness (QED) is 0.349. The molecule has 9 heteroatoms. The Morgan fingerprint density at radius 1 is 0.857 bits per heavy atom. The van der Waals surface area contributed by atoms with Crippen molar-refractivity contribution in [2.75, 3.05) is 13.2 Å². The molecule has 0 radical (unpaired) electrons. The van der Waals surface area contributed by atoms with E-state index >= 15 is 0 Å². The number of amides is 1. The van der Waals surface area contributed by atoms with Gasteiger partial charge < -0.3 is 14.8 Å². The maximum Gasteiger partial charge on any atom is 0.499 e. The fraction of sp³-hybridized carbons (Fsp3) is 0.192. The third-order valence-electron chi connectivity index (χ3n) is 5.33. The van der Waals surface area contributed by atoms with E-state index in [1.165, 1.54) is 12.1 Å². The minimum absolute atomic E-state index is 0.0545. The number of fused-ring (bicyclic) bond motifs is 3. The number of alkyl halides is 5. The zero-order chi connectivity index (χ0) is 25.1. The maximum atomic E-state index is 12.9. The molecule has 0 saturated heterocycles. The molecule has 3 aromatic rings. The summed E-state index contributed by atoms with van der Waals surface area (Å²) in [6.45, 7) is 0.0956. The monoisotopic (exact) mass is 487 g/mol. The molecule has 0 aromatic heterocycles. The molecule has 4 rings (SSSR count). The molecule has 4 nitrogen and oxygen atoms in total. The molecule has 0 saturated carbocycles. The van der Waals surface area contributed by atoms with Gasteiger partial charge in [0.2, 0.25) is 0 Å². The molecule has 0 atom stereocenters. The van der Waals surface area contributed by atoms with Crippen molar-refractivity contribution >= 4 is 6.09 Å². The molecule has 0 bridgehead atoms. The zero-order valence-corrected chi connectivity index (χ0v) is 18.0. The first-order chi connectivity index (χ1) is 16.7. The van der Waals surface area contributed by atoms with Crippen molar-refractivity contribution < 1.29 is 36.2 Å². The maximum absolute atomic E-state index is 12.9. The van der Waals surface area contributed by atoms with Crippen LogP contribution in [0.25, 0.3) is 11.1 Å².